The average molecular weight is 300 g/mol. The molecule has 0 bridgehead atoms. The van der Waals surface area contributed by atoms with Gasteiger partial charge in [0.2, 0.25) is 5.91 Å². The Morgan fingerprint density at radius 1 is 1.23 bits per heavy atom. The van der Waals surface area contributed by atoms with Crippen molar-refractivity contribution in [3.8, 4) is 0 Å². The predicted octanol–water partition coefficient (Wildman–Crippen LogP) is 1.36. The quantitative estimate of drug-likeness (QED) is 0.639. The first-order chi connectivity index (χ1) is 10.6. The van der Waals surface area contributed by atoms with Crippen LogP contribution in [0.5, 0.6) is 0 Å². The Kier molecular flexibility index (Phi) is 4.76. The van der Waals surface area contributed by atoms with Crippen molar-refractivity contribution in [3.05, 3.63) is 64.5 Å². The average Bonchev–Trinajstić information content (AvgIpc) is 2.53. The van der Waals surface area contributed by atoms with Crippen LogP contribution in [0.2, 0.25) is 0 Å². The number of pyridine rings is 1. The van der Waals surface area contributed by atoms with Crippen molar-refractivity contribution < 1.29 is 14.5 Å². The fourth-order valence-electron chi connectivity index (χ4n) is 1.67. The van der Waals surface area contributed by atoms with E-state index in [1.165, 1.54) is 24.4 Å². The largest absolute Gasteiger partial charge is 0.343 e. The van der Waals surface area contributed by atoms with Gasteiger partial charge in [0, 0.05) is 23.9 Å². The van der Waals surface area contributed by atoms with E-state index in [2.05, 4.69) is 15.6 Å². The maximum absolute atomic E-state index is 11.9. The molecule has 0 saturated heterocycles. The Bertz CT molecular complexity index is 703. The second-order valence-electron chi connectivity index (χ2n) is 4.28. The molecule has 0 spiro atoms. The lowest BCUT2D eigenvalue weighted by Gasteiger charge is -2.06. The molecule has 22 heavy (non-hydrogen) atoms. The summed E-state index contributed by atoms with van der Waals surface area (Å²) in [6, 6.07) is 8.59. The molecule has 0 aliphatic carbocycles. The monoisotopic (exact) mass is 300 g/mol. The van der Waals surface area contributed by atoms with Crippen LogP contribution in [0.25, 0.3) is 0 Å². The molecule has 0 aliphatic heterocycles. The van der Waals surface area contributed by atoms with Gasteiger partial charge >= 0.3 is 0 Å². The normalized spacial score (nSPS) is 9.82. The van der Waals surface area contributed by atoms with Crippen LogP contribution in [0.15, 0.2) is 48.8 Å². The maximum Gasteiger partial charge on any atom is 0.270 e. The number of benzene rings is 1. The molecule has 1 heterocycles. The van der Waals surface area contributed by atoms with Crippen molar-refractivity contribution in [1.82, 2.24) is 10.3 Å². The topological polar surface area (TPSA) is 114 Å². The Hall–Kier alpha value is -3.29. The highest BCUT2D eigenvalue weighted by Crippen LogP contribution is 2.12. The molecular weight excluding hydrogens is 288 g/mol. The van der Waals surface area contributed by atoms with Gasteiger partial charge in [0.25, 0.3) is 11.6 Å². The first-order valence-electron chi connectivity index (χ1n) is 6.29. The lowest BCUT2D eigenvalue weighted by molar-refractivity contribution is -0.384. The second kappa shape index (κ2) is 6.93. The minimum Gasteiger partial charge on any atom is -0.343 e. The summed E-state index contributed by atoms with van der Waals surface area (Å²) >= 11 is 0. The molecule has 1 aromatic heterocycles. The first kappa shape index (κ1) is 15.1. The molecule has 0 radical (unpaired) electrons. The second-order valence-corrected chi connectivity index (χ2v) is 4.28. The van der Waals surface area contributed by atoms with Gasteiger partial charge in [-0.15, -0.1) is 0 Å². The molecule has 2 N–H and O–H groups in total. The van der Waals surface area contributed by atoms with Crippen LogP contribution in [0, 0.1) is 10.1 Å². The number of amides is 2. The number of nitro benzene ring substituents is 1. The third kappa shape index (κ3) is 4.10. The Balaban J connectivity index is 1.91. The van der Waals surface area contributed by atoms with Crippen LogP contribution in [-0.4, -0.2) is 28.3 Å². The summed E-state index contributed by atoms with van der Waals surface area (Å²) in [5.74, 6) is -0.989. The molecular formula is C14H12N4O4. The van der Waals surface area contributed by atoms with Gasteiger partial charge in [-0.2, -0.15) is 0 Å². The van der Waals surface area contributed by atoms with Crippen LogP contribution < -0.4 is 10.6 Å². The minimum absolute atomic E-state index is 0.114. The van der Waals surface area contributed by atoms with Crippen molar-refractivity contribution in [2.75, 3.05) is 11.9 Å². The highest BCUT2D eigenvalue weighted by atomic mass is 16.6. The number of nitro groups is 1. The molecule has 8 nitrogen and oxygen atoms in total. The van der Waals surface area contributed by atoms with E-state index in [1.807, 2.05) is 0 Å². The number of carbonyl (C=O) groups excluding carboxylic acids is 2. The number of nitrogens with zero attached hydrogens (tertiary/aromatic N) is 2. The number of hydrogen-bond donors (Lipinski definition) is 2. The number of anilines is 1. The van der Waals surface area contributed by atoms with Crippen LogP contribution in [0.1, 0.15) is 10.4 Å². The molecule has 2 rings (SSSR count). The van der Waals surface area contributed by atoms with Gasteiger partial charge in [0.1, 0.15) is 0 Å². The summed E-state index contributed by atoms with van der Waals surface area (Å²) in [7, 11) is 0. The Morgan fingerprint density at radius 2 is 2.05 bits per heavy atom. The Morgan fingerprint density at radius 3 is 2.73 bits per heavy atom. The highest BCUT2D eigenvalue weighted by Gasteiger charge is 2.12. The summed E-state index contributed by atoms with van der Waals surface area (Å²) in [6.07, 6.45) is 3.04. The first-order valence-corrected chi connectivity index (χ1v) is 6.29. The summed E-state index contributed by atoms with van der Waals surface area (Å²) in [5, 5.41) is 15.6. The van der Waals surface area contributed by atoms with E-state index in [-0.39, 0.29) is 17.8 Å². The molecule has 1 aromatic carbocycles. The zero-order chi connectivity index (χ0) is 15.9. The zero-order valence-corrected chi connectivity index (χ0v) is 11.4. The van der Waals surface area contributed by atoms with E-state index in [4.69, 9.17) is 0 Å². The Labute approximate surface area is 125 Å². The molecule has 0 aliphatic rings. The van der Waals surface area contributed by atoms with Crippen molar-refractivity contribution >= 4 is 23.2 Å². The minimum atomic E-state index is -0.591. The summed E-state index contributed by atoms with van der Waals surface area (Å²) in [6.45, 7) is -0.254. The van der Waals surface area contributed by atoms with Gasteiger partial charge < -0.3 is 10.6 Å². The molecule has 0 fully saturated rings. The third-order valence-electron chi connectivity index (χ3n) is 2.67. The SMILES string of the molecule is O=C(CNC(=O)c1cccc([N+](=O)[O-])c1)Nc1cccnc1. The lowest BCUT2D eigenvalue weighted by atomic mass is 10.2. The maximum atomic E-state index is 11.9. The van der Waals surface area contributed by atoms with Crippen molar-refractivity contribution in [3.63, 3.8) is 0 Å². The lowest BCUT2D eigenvalue weighted by Crippen LogP contribution is -2.32. The van der Waals surface area contributed by atoms with Gasteiger partial charge in [-0.25, -0.2) is 0 Å². The number of non-ortho nitro benzene ring substituents is 1. The van der Waals surface area contributed by atoms with Gasteiger partial charge in [0.15, 0.2) is 0 Å². The summed E-state index contributed by atoms with van der Waals surface area (Å²) in [4.78, 5) is 37.4. The fourth-order valence-corrected chi connectivity index (χ4v) is 1.67. The van der Waals surface area contributed by atoms with E-state index in [1.54, 1.807) is 18.3 Å². The van der Waals surface area contributed by atoms with E-state index in [0.29, 0.717) is 5.69 Å². The van der Waals surface area contributed by atoms with E-state index in [0.717, 1.165) is 6.07 Å². The summed E-state index contributed by atoms with van der Waals surface area (Å²) in [5.41, 5.74) is 0.438. The van der Waals surface area contributed by atoms with Gasteiger partial charge in [0.05, 0.1) is 23.4 Å². The molecule has 0 unspecified atom stereocenters. The van der Waals surface area contributed by atoms with Gasteiger partial charge in [-0.1, -0.05) is 6.07 Å². The van der Waals surface area contributed by atoms with E-state index in [9.17, 15) is 19.7 Å². The van der Waals surface area contributed by atoms with E-state index >= 15 is 0 Å². The molecule has 2 amide bonds. The zero-order valence-electron chi connectivity index (χ0n) is 11.4. The predicted molar refractivity (Wildman–Crippen MR) is 78.3 cm³/mol. The van der Waals surface area contributed by atoms with Gasteiger partial charge in [-0.05, 0) is 18.2 Å². The van der Waals surface area contributed by atoms with Crippen molar-refractivity contribution in [2.45, 2.75) is 0 Å². The number of hydrogen-bond acceptors (Lipinski definition) is 5. The smallest absolute Gasteiger partial charge is 0.270 e. The van der Waals surface area contributed by atoms with Crippen molar-refractivity contribution in [1.29, 1.82) is 0 Å². The number of nitrogens with one attached hydrogen (secondary N) is 2. The van der Waals surface area contributed by atoms with Crippen LogP contribution in [0.4, 0.5) is 11.4 Å². The number of aromatic nitrogens is 1. The number of carbonyl (C=O) groups is 2. The standard InChI is InChI=1S/C14H12N4O4/c19-13(17-11-4-2-6-15-8-11)9-16-14(20)10-3-1-5-12(7-10)18(21)22/h1-8H,9H2,(H,16,20)(H,17,19). The van der Waals surface area contributed by atoms with Crippen molar-refractivity contribution in [2.24, 2.45) is 0 Å². The third-order valence-corrected chi connectivity index (χ3v) is 2.67. The molecule has 0 saturated carbocycles. The molecule has 8 heteroatoms. The fraction of sp³-hybridized carbons (Fsp3) is 0.0714. The van der Waals surface area contributed by atoms with E-state index < -0.39 is 16.7 Å². The van der Waals surface area contributed by atoms with Crippen LogP contribution >= 0.6 is 0 Å². The van der Waals surface area contributed by atoms with Gasteiger partial charge in [-0.3, -0.25) is 24.7 Å². The highest BCUT2D eigenvalue weighted by molar-refractivity contribution is 5.99. The molecule has 0 atom stereocenters. The number of rotatable bonds is 5. The summed E-state index contributed by atoms with van der Waals surface area (Å²) < 4.78 is 0. The van der Waals surface area contributed by atoms with Crippen LogP contribution in [-0.2, 0) is 4.79 Å². The van der Waals surface area contributed by atoms with Crippen LogP contribution in [0.3, 0.4) is 0 Å². The molecule has 112 valence electrons. The molecule has 2 aromatic rings.